The molecule has 1 aromatic heterocycles. The van der Waals surface area contributed by atoms with E-state index < -0.39 is 10.6 Å². The van der Waals surface area contributed by atoms with Crippen molar-refractivity contribution in [2.45, 2.75) is 0 Å². The molecule has 2 aromatic carbocycles. The van der Waals surface area contributed by atoms with Gasteiger partial charge in [0.15, 0.2) is 5.00 Å². The van der Waals surface area contributed by atoms with Crippen molar-refractivity contribution in [1.29, 1.82) is 0 Å². The quantitative estimate of drug-likeness (QED) is 0.286. The lowest BCUT2D eigenvalue weighted by Gasteiger charge is -2.39. The van der Waals surface area contributed by atoms with E-state index >= 15 is 0 Å². The van der Waals surface area contributed by atoms with Crippen molar-refractivity contribution >= 4 is 28.1 Å². The Hall–Kier alpha value is -3.06. The lowest BCUT2D eigenvalue weighted by Crippen LogP contribution is -2.48. The van der Waals surface area contributed by atoms with Crippen LogP contribution in [0.5, 0.6) is 0 Å². The minimum absolute atomic E-state index is 0.135. The highest BCUT2D eigenvalue weighted by atomic mass is 32.1. The Morgan fingerprint density at radius 2 is 1.69 bits per heavy atom. The van der Waals surface area contributed by atoms with Crippen LogP contribution in [0.2, 0.25) is 0 Å². The van der Waals surface area contributed by atoms with Gasteiger partial charge in [-0.25, -0.2) is 9.44 Å². The molecule has 26 heavy (non-hydrogen) atoms. The van der Waals surface area contributed by atoms with Crippen molar-refractivity contribution in [3.8, 4) is 11.1 Å². The molecule has 0 N–H and O–H groups in total. The van der Waals surface area contributed by atoms with Gasteiger partial charge in [-0.1, -0.05) is 59.9 Å². The Bertz CT molecular complexity index is 996. The maximum Gasteiger partial charge on any atom is 0.366 e. The molecular weight excluding hydrogens is 348 g/mol. The molecule has 1 aliphatic heterocycles. The summed E-state index contributed by atoms with van der Waals surface area (Å²) in [7, 11) is 0. The summed E-state index contributed by atoms with van der Waals surface area (Å²) in [5, 5.41) is 19.3. The second-order valence-electron chi connectivity index (χ2n) is 5.71. The van der Waals surface area contributed by atoms with E-state index in [0.717, 1.165) is 11.1 Å². The van der Waals surface area contributed by atoms with Crippen molar-refractivity contribution in [1.82, 2.24) is 4.65 Å². The van der Waals surface area contributed by atoms with E-state index in [1.54, 1.807) is 36.4 Å². The molecule has 0 amide bonds. The van der Waals surface area contributed by atoms with E-state index in [-0.39, 0.29) is 5.84 Å². The van der Waals surface area contributed by atoms with E-state index in [2.05, 4.69) is 5.16 Å². The average molecular weight is 362 g/mol. The normalized spacial score (nSPS) is 20.0. The molecule has 6 heteroatoms. The largest absolute Gasteiger partial charge is 0.615 e. The van der Waals surface area contributed by atoms with E-state index in [0.29, 0.717) is 10.6 Å². The first kappa shape index (κ1) is 16.4. The van der Waals surface area contributed by atoms with Crippen molar-refractivity contribution in [3.05, 3.63) is 95.2 Å². The standard InChI is InChI=1S/C20H14N2O3S/c23-20(16-9-5-2-6-10-16)25-21-18-11-12-22(18,24)19-13-17(14-26-19)15-7-3-1-4-8-15/h1-14H. The van der Waals surface area contributed by atoms with Crippen LogP contribution in [-0.4, -0.2) is 11.8 Å². The molecule has 1 aliphatic rings. The first-order valence-corrected chi connectivity index (χ1v) is 8.83. The Labute approximate surface area is 154 Å². The van der Waals surface area contributed by atoms with Crippen molar-refractivity contribution < 1.29 is 9.63 Å². The number of thiophene rings is 1. The molecule has 4 rings (SSSR count). The molecule has 0 bridgehead atoms. The third-order valence-electron chi connectivity index (χ3n) is 4.03. The van der Waals surface area contributed by atoms with Crippen LogP contribution in [0.15, 0.2) is 89.5 Å². The number of quaternary nitrogens is 1. The maximum atomic E-state index is 13.0. The smallest absolute Gasteiger partial charge is 0.366 e. The highest BCUT2D eigenvalue weighted by Gasteiger charge is 2.35. The third kappa shape index (κ3) is 2.97. The number of hydroxylamine groups is 2. The summed E-state index contributed by atoms with van der Waals surface area (Å²) in [6.07, 6.45) is 3.02. The molecule has 0 fully saturated rings. The lowest BCUT2D eigenvalue weighted by molar-refractivity contribution is 0.0512. The van der Waals surface area contributed by atoms with Crippen LogP contribution in [0.4, 0.5) is 5.00 Å². The Morgan fingerprint density at radius 3 is 2.35 bits per heavy atom. The molecule has 128 valence electrons. The number of amidine groups is 1. The van der Waals surface area contributed by atoms with Crippen LogP contribution in [0.25, 0.3) is 11.1 Å². The Kier molecular flexibility index (Phi) is 4.22. The number of oxime groups is 1. The van der Waals surface area contributed by atoms with Crippen LogP contribution in [0.1, 0.15) is 10.4 Å². The minimum atomic E-state index is -0.834. The Balaban J connectivity index is 1.53. The van der Waals surface area contributed by atoms with Gasteiger partial charge in [0.1, 0.15) is 6.20 Å². The predicted octanol–water partition coefficient (Wildman–Crippen LogP) is 4.92. The second-order valence-corrected chi connectivity index (χ2v) is 6.60. The fourth-order valence-corrected chi connectivity index (χ4v) is 3.51. The summed E-state index contributed by atoms with van der Waals surface area (Å²) in [6.45, 7) is 0. The van der Waals surface area contributed by atoms with Crippen molar-refractivity contribution in [2.24, 2.45) is 5.16 Å². The molecule has 0 aliphatic carbocycles. The predicted molar refractivity (Wildman–Crippen MR) is 103 cm³/mol. The number of carbonyl (C=O) groups is 1. The molecular formula is C20H14N2O3S. The van der Waals surface area contributed by atoms with Gasteiger partial charge in [-0.2, -0.15) is 0 Å². The summed E-state index contributed by atoms with van der Waals surface area (Å²) >= 11 is 1.35. The number of carbonyl (C=O) groups excluding carboxylic acids is 1. The molecule has 0 spiro atoms. The molecule has 5 nitrogen and oxygen atoms in total. The van der Waals surface area contributed by atoms with E-state index in [4.69, 9.17) is 4.84 Å². The highest BCUT2D eigenvalue weighted by Crippen LogP contribution is 2.38. The van der Waals surface area contributed by atoms with E-state index in [9.17, 15) is 10.0 Å². The van der Waals surface area contributed by atoms with Crippen LogP contribution in [0.3, 0.4) is 0 Å². The Morgan fingerprint density at radius 1 is 1.00 bits per heavy atom. The summed E-state index contributed by atoms with van der Waals surface area (Å²) in [5.41, 5.74) is 2.40. The van der Waals surface area contributed by atoms with Gasteiger partial charge < -0.3 is 10.0 Å². The van der Waals surface area contributed by atoms with Crippen LogP contribution in [-0.2, 0) is 4.84 Å². The SMILES string of the molecule is O=C(ON=C1C=C[N+]1([O-])c1cc(-c2ccccc2)cs1)c1ccccc1. The number of nitrogens with zero attached hydrogens (tertiary/aromatic N) is 2. The first-order valence-electron chi connectivity index (χ1n) is 7.95. The number of hydrogen-bond donors (Lipinski definition) is 0. The van der Waals surface area contributed by atoms with Gasteiger partial charge in [0.25, 0.3) is 5.84 Å². The van der Waals surface area contributed by atoms with Gasteiger partial charge in [0.05, 0.1) is 11.6 Å². The zero-order chi connectivity index (χ0) is 18.0. The number of rotatable bonds is 4. The summed E-state index contributed by atoms with van der Waals surface area (Å²) in [4.78, 5) is 16.9. The molecule has 2 heterocycles. The molecule has 1 atom stereocenters. The zero-order valence-electron chi connectivity index (χ0n) is 13.6. The van der Waals surface area contributed by atoms with Crippen LogP contribution < -0.4 is 4.65 Å². The van der Waals surface area contributed by atoms with Crippen LogP contribution >= 0.6 is 11.3 Å². The zero-order valence-corrected chi connectivity index (χ0v) is 14.4. The van der Waals surface area contributed by atoms with Gasteiger partial charge in [-0.15, -0.1) is 0 Å². The molecule has 0 radical (unpaired) electrons. The van der Waals surface area contributed by atoms with Gasteiger partial charge >= 0.3 is 5.97 Å². The topological polar surface area (TPSA) is 61.7 Å². The van der Waals surface area contributed by atoms with Crippen LogP contribution in [0, 0.1) is 5.21 Å². The summed E-state index contributed by atoms with van der Waals surface area (Å²) in [5.74, 6) is -0.461. The number of hydrogen-bond acceptors (Lipinski definition) is 5. The molecule has 0 saturated heterocycles. The monoisotopic (exact) mass is 362 g/mol. The fraction of sp³-hybridized carbons (Fsp3) is 0. The van der Waals surface area contributed by atoms with Crippen molar-refractivity contribution in [2.75, 3.05) is 0 Å². The van der Waals surface area contributed by atoms with E-state index in [1.165, 1.54) is 17.5 Å². The van der Waals surface area contributed by atoms with Gasteiger partial charge in [0, 0.05) is 11.4 Å². The third-order valence-corrected chi connectivity index (χ3v) is 5.03. The van der Waals surface area contributed by atoms with Gasteiger partial charge in [-0.3, -0.25) is 0 Å². The summed E-state index contributed by atoms with van der Waals surface area (Å²) in [6, 6.07) is 20.2. The van der Waals surface area contributed by atoms with Crippen molar-refractivity contribution in [3.63, 3.8) is 0 Å². The maximum absolute atomic E-state index is 13.0. The lowest BCUT2D eigenvalue weighted by atomic mass is 10.1. The average Bonchev–Trinajstić information content (AvgIpc) is 3.18. The first-order chi connectivity index (χ1) is 12.7. The number of benzene rings is 2. The van der Waals surface area contributed by atoms with Gasteiger partial charge in [-0.05, 0) is 28.4 Å². The minimum Gasteiger partial charge on any atom is -0.615 e. The fourth-order valence-electron chi connectivity index (χ4n) is 2.55. The van der Waals surface area contributed by atoms with Gasteiger partial charge in [0.2, 0.25) is 0 Å². The molecule has 3 aromatic rings. The summed E-state index contributed by atoms with van der Waals surface area (Å²) < 4.78 is -0.834. The second kappa shape index (κ2) is 6.68. The highest BCUT2D eigenvalue weighted by molar-refractivity contribution is 7.14. The molecule has 0 saturated carbocycles. The van der Waals surface area contributed by atoms with E-state index in [1.807, 2.05) is 41.8 Å². The molecule has 1 unspecified atom stereocenters.